The Morgan fingerprint density at radius 3 is 2.79 bits per heavy atom. The number of ether oxygens (including phenoxy) is 2. The highest BCUT2D eigenvalue weighted by Gasteiger charge is 2.28. The number of piperidine rings is 1. The van der Waals surface area contributed by atoms with Crippen LogP contribution in [-0.2, 0) is 4.79 Å². The van der Waals surface area contributed by atoms with Crippen LogP contribution in [-0.4, -0.2) is 48.3 Å². The third kappa shape index (κ3) is 3.55. The summed E-state index contributed by atoms with van der Waals surface area (Å²) in [4.78, 5) is 25.1. The first-order valence-electron chi connectivity index (χ1n) is 8.22. The molecule has 0 bridgehead atoms. The Balaban J connectivity index is 1.62. The highest BCUT2D eigenvalue weighted by atomic mass is 16.6. The maximum Gasteiger partial charge on any atom is 0.317 e. The predicted molar refractivity (Wildman–Crippen MR) is 86.3 cm³/mol. The molecule has 7 nitrogen and oxygen atoms in total. The van der Waals surface area contributed by atoms with Crippen LogP contribution in [0.5, 0.6) is 11.5 Å². The number of fused-ring (bicyclic) bond motifs is 1. The number of carbonyl (C=O) groups is 2. The second-order valence-electron chi connectivity index (χ2n) is 6.20. The third-order valence-electron chi connectivity index (χ3n) is 4.46. The van der Waals surface area contributed by atoms with E-state index in [0.717, 1.165) is 5.56 Å². The number of carboxylic acids is 1. The lowest BCUT2D eigenvalue weighted by molar-refractivity contribution is -0.143. The SMILES string of the molecule is CC(NC(=O)N1CCCC(C(=O)O)C1)c1ccc2c(c1)OCCO2. The minimum Gasteiger partial charge on any atom is -0.486 e. The molecule has 2 heterocycles. The van der Waals surface area contributed by atoms with E-state index in [2.05, 4.69) is 5.32 Å². The van der Waals surface area contributed by atoms with Crippen molar-refractivity contribution in [3.63, 3.8) is 0 Å². The fourth-order valence-corrected chi connectivity index (χ4v) is 3.05. The lowest BCUT2D eigenvalue weighted by Gasteiger charge is -2.32. The van der Waals surface area contributed by atoms with Gasteiger partial charge in [0.2, 0.25) is 0 Å². The summed E-state index contributed by atoms with van der Waals surface area (Å²) < 4.78 is 11.1. The summed E-state index contributed by atoms with van der Waals surface area (Å²) in [5.74, 6) is 0.0779. The van der Waals surface area contributed by atoms with Crippen molar-refractivity contribution >= 4 is 12.0 Å². The van der Waals surface area contributed by atoms with E-state index in [1.807, 2.05) is 25.1 Å². The van der Waals surface area contributed by atoms with Gasteiger partial charge in [0.15, 0.2) is 11.5 Å². The highest BCUT2D eigenvalue weighted by Crippen LogP contribution is 2.32. The van der Waals surface area contributed by atoms with E-state index in [1.165, 1.54) is 0 Å². The number of carboxylic acid groups (broad SMARTS) is 1. The van der Waals surface area contributed by atoms with Crippen molar-refractivity contribution in [2.75, 3.05) is 26.3 Å². The fraction of sp³-hybridized carbons (Fsp3) is 0.529. The van der Waals surface area contributed by atoms with E-state index in [9.17, 15) is 9.59 Å². The molecule has 2 aliphatic rings. The van der Waals surface area contributed by atoms with Crippen LogP contribution in [0.25, 0.3) is 0 Å². The average Bonchev–Trinajstić information content (AvgIpc) is 2.61. The molecular formula is C17H22N2O5. The van der Waals surface area contributed by atoms with Crippen molar-refractivity contribution in [3.8, 4) is 11.5 Å². The zero-order valence-corrected chi connectivity index (χ0v) is 13.7. The maximum atomic E-state index is 12.4. The quantitative estimate of drug-likeness (QED) is 0.883. The lowest BCUT2D eigenvalue weighted by Crippen LogP contribution is -2.47. The Kier molecular flexibility index (Phi) is 4.78. The molecule has 2 N–H and O–H groups in total. The molecule has 0 saturated carbocycles. The Morgan fingerprint density at radius 2 is 2.04 bits per heavy atom. The van der Waals surface area contributed by atoms with Crippen LogP contribution >= 0.6 is 0 Å². The van der Waals surface area contributed by atoms with Gasteiger partial charge in [0.05, 0.1) is 12.0 Å². The average molecular weight is 334 g/mol. The van der Waals surface area contributed by atoms with E-state index >= 15 is 0 Å². The van der Waals surface area contributed by atoms with Crippen molar-refractivity contribution in [1.29, 1.82) is 0 Å². The maximum absolute atomic E-state index is 12.4. The third-order valence-corrected chi connectivity index (χ3v) is 4.46. The Morgan fingerprint density at radius 1 is 1.29 bits per heavy atom. The van der Waals surface area contributed by atoms with Gasteiger partial charge in [0.1, 0.15) is 13.2 Å². The summed E-state index contributed by atoms with van der Waals surface area (Å²) in [6, 6.07) is 5.17. The minimum atomic E-state index is -0.840. The summed E-state index contributed by atoms with van der Waals surface area (Å²) in [5.41, 5.74) is 0.916. The first-order valence-corrected chi connectivity index (χ1v) is 8.22. The van der Waals surface area contributed by atoms with Crippen molar-refractivity contribution in [2.24, 2.45) is 5.92 Å². The van der Waals surface area contributed by atoms with Crippen molar-refractivity contribution < 1.29 is 24.2 Å². The second-order valence-corrected chi connectivity index (χ2v) is 6.20. The minimum absolute atomic E-state index is 0.210. The molecule has 0 aromatic heterocycles. The van der Waals surface area contributed by atoms with Gasteiger partial charge in [-0.15, -0.1) is 0 Å². The molecule has 0 spiro atoms. The van der Waals surface area contributed by atoms with E-state index in [1.54, 1.807) is 4.90 Å². The molecule has 2 atom stereocenters. The number of likely N-dealkylation sites (tertiary alicyclic amines) is 1. The van der Waals surface area contributed by atoms with Crippen molar-refractivity contribution in [1.82, 2.24) is 10.2 Å². The van der Waals surface area contributed by atoms with E-state index in [-0.39, 0.29) is 18.6 Å². The molecule has 0 aliphatic carbocycles. The fourth-order valence-electron chi connectivity index (χ4n) is 3.05. The van der Waals surface area contributed by atoms with Crippen LogP contribution in [0.15, 0.2) is 18.2 Å². The van der Waals surface area contributed by atoms with Gasteiger partial charge < -0.3 is 24.8 Å². The first kappa shape index (κ1) is 16.4. The monoisotopic (exact) mass is 334 g/mol. The number of hydrogen-bond acceptors (Lipinski definition) is 4. The molecule has 1 fully saturated rings. The van der Waals surface area contributed by atoms with E-state index < -0.39 is 11.9 Å². The number of carbonyl (C=O) groups excluding carboxylic acids is 1. The molecular weight excluding hydrogens is 312 g/mol. The van der Waals surface area contributed by atoms with Crippen LogP contribution in [0.4, 0.5) is 4.79 Å². The molecule has 24 heavy (non-hydrogen) atoms. The Hall–Kier alpha value is -2.44. The van der Waals surface area contributed by atoms with Gasteiger partial charge in [-0.3, -0.25) is 4.79 Å². The number of nitrogens with zero attached hydrogens (tertiary/aromatic N) is 1. The Bertz CT molecular complexity index is 633. The van der Waals surface area contributed by atoms with Gasteiger partial charge in [-0.1, -0.05) is 6.07 Å². The number of benzene rings is 1. The molecule has 2 aliphatic heterocycles. The van der Waals surface area contributed by atoms with E-state index in [4.69, 9.17) is 14.6 Å². The van der Waals surface area contributed by atoms with Crippen LogP contribution in [0, 0.1) is 5.92 Å². The summed E-state index contributed by atoms with van der Waals surface area (Å²) >= 11 is 0. The smallest absolute Gasteiger partial charge is 0.317 e. The molecule has 7 heteroatoms. The van der Waals surface area contributed by atoms with Gasteiger partial charge in [0, 0.05) is 13.1 Å². The number of urea groups is 1. The molecule has 0 radical (unpaired) electrons. The van der Waals surface area contributed by atoms with Gasteiger partial charge in [-0.25, -0.2) is 4.79 Å². The zero-order chi connectivity index (χ0) is 17.1. The standard InChI is InChI=1S/C17H22N2O5/c1-11(12-4-5-14-15(9-12)24-8-7-23-14)18-17(22)19-6-2-3-13(10-19)16(20)21/h4-5,9,11,13H,2-3,6-8,10H2,1H3,(H,18,22)(H,20,21). The van der Waals surface area contributed by atoms with Gasteiger partial charge >= 0.3 is 12.0 Å². The molecule has 1 aromatic rings. The lowest BCUT2D eigenvalue weighted by atomic mass is 9.98. The van der Waals surface area contributed by atoms with Crippen LogP contribution in [0.1, 0.15) is 31.4 Å². The predicted octanol–water partition coefficient (Wildman–Crippen LogP) is 2.03. The molecule has 1 saturated heterocycles. The van der Waals surface area contributed by atoms with Crippen LogP contribution in [0.2, 0.25) is 0 Å². The van der Waals surface area contributed by atoms with Gasteiger partial charge in [-0.05, 0) is 37.5 Å². The number of aliphatic carboxylic acids is 1. The number of hydrogen-bond donors (Lipinski definition) is 2. The van der Waals surface area contributed by atoms with E-state index in [0.29, 0.717) is 44.1 Å². The summed E-state index contributed by atoms with van der Waals surface area (Å²) in [6.45, 7) is 3.79. The second kappa shape index (κ2) is 6.98. The molecule has 2 amide bonds. The van der Waals surface area contributed by atoms with Crippen molar-refractivity contribution in [2.45, 2.75) is 25.8 Å². The van der Waals surface area contributed by atoms with Crippen LogP contribution < -0.4 is 14.8 Å². The molecule has 130 valence electrons. The van der Waals surface area contributed by atoms with Gasteiger partial charge in [-0.2, -0.15) is 0 Å². The number of amides is 2. The Labute approximate surface area is 140 Å². The first-order chi connectivity index (χ1) is 11.5. The summed E-state index contributed by atoms with van der Waals surface area (Å²) in [6.07, 6.45) is 1.33. The zero-order valence-electron chi connectivity index (χ0n) is 13.7. The highest BCUT2D eigenvalue weighted by molar-refractivity contribution is 5.77. The molecule has 2 unspecified atom stereocenters. The largest absolute Gasteiger partial charge is 0.486 e. The number of rotatable bonds is 3. The summed E-state index contributed by atoms with van der Waals surface area (Å²) in [7, 11) is 0. The normalized spacial score (nSPS) is 21.0. The van der Waals surface area contributed by atoms with Crippen molar-refractivity contribution in [3.05, 3.63) is 23.8 Å². The van der Waals surface area contributed by atoms with Gasteiger partial charge in [0.25, 0.3) is 0 Å². The van der Waals surface area contributed by atoms with Crippen LogP contribution in [0.3, 0.4) is 0 Å². The topological polar surface area (TPSA) is 88.1 Å². The molecule has 1 aromatic carbocycles. The summed E-state index contributed by atoms with van der Waals surface area (Å²) in [5, 5.41) is 12.1. The molecule has 3 rings (SSSR count). The number of nitrogens with one attached hydrogen (secondary N) is 1.